The molecule has 0 spiro atoms. The topological polar surface area (TPSA) is 63.2 Å². The maximum absolute atomic E-state index is 12.4. The normalized spacial score (nSPS) is 11.7. The smallest absolute Gasteiger partial charge is 0.257 e. The van der Waals surface area contributed by atoms with Crippen molar-refractivity contribution in [1.82, 2.24) is 4.98 Å². The molecule has 2 aromatic carbocycles. The monoisotopic (exact) mass is 375 g/mol. The first kappa shape index (κ1) is 19.4. The van der Waals surface area contributed by atoms with Crippen LogP contribution in [0.1, 0.15) is 42.7 Å². The van der Waals surface area contributed by atoms with Gasteiger partial charge >= 0.3 is 0 Å². The first-order valence-electron chi connectivity index (χ1n) is 9.37. The molecule has 0 fully saturated rings. The fourth-order valence-electron chi connectivity index (χ4n) is 2.75. The van der Waals surface area contributed by atoms with Crippen molar-refractivity contribution in [2.75, 3.05) is 10.6 Å². The first-order valence-corrected chi connectivity index (χ1v) is 9.37. The summed E-state index contributed by atoms with van der Waals surface area (Å²) in [6, 6.07) is 21.2. The summed E-state index contributed by atoms with van der Waals surface area (Å²) in [6.45, 7) is 6.02. The number of aromatic nitrogens is 1. The molecule has 1 atom stereocenters. The van der Waals surface area contributed by atoms with Crippen LogP contribution in [0.5, 0.6) is 5.75 Å². The third kappa shape index (κ3) is 5.33. The molecule has 1 aromatic heterocycles. The van der Waals surface area contributed by atoms with Crippen LogP contribution in [0.15, 0.2) is 72.9 Å². The number of pyridine rings is 1. The zero-order valence-corrected chi connectivity index (χ0v) is 16.3. The Balaban J connectivity index is 1.59. The molecule has 0 bridgehead atoms. The van der Waals surface area contributed by atoms with Crippen molar-refractivity contribution in [3.05, 3.63) is 84.1 Å². The maximum atomic E-state index is 12.4. The third-order valence-electron chi connectivity index (χ3n) is 4.17. The molecule has 0 aliphatic rings. The predicted octanol–water partition coefficient (Wildman–Crippen LogP) is 5.29. The Hall–Kier alpha value is -3.34. The summed E-state index contributed by atoms with van der Waals surface area (Å²) in [5.41, 5.74) is 2.39. The van der Waals surface area contributed by atoms with Crippen LogP contribution in [0.4, 0.5) is 11.5 Å². The van der Waals surface area contributed by atoms with Crippen molar-refractivity contribution in [2.24, 2.45) is 0 Å². The molecule has 3 rings (SSSR count). The van der Waals surface area contributed by atoms with E-state index in [9.17, 15) is 4.79 Å². The van der Waals surface area contributed by atoms with Crippen molar-refractivity contribution in [3.8, 4) is 5.75 Å². The molecule has 5 heteroatoms. The second-order valence-electron chi connectivity index (χ2n) is 6.85. The van der Waals surface area contributed by atoms with E-state index in [0.717, 1.165) is 11.6 Å². The van der Waals surface area contributed by atoms with E-state index in [0.29, 0.717) is 11.3 Å². The van der Waals surface area contributed by atoms with Crippen LogP contribution in [0, 0.1) is 0 Å². The SMILES string of the molecule is CC(C)Oc1ccc(NC(=O)c2ccc(NC(C)c3ccccc3)nc2)cc1. The molecule has 0 aliphatic heterocycles. The number of benzene rings is 2. The summed E-state index contributed by atoms with van der Waals surface area (Å²) in [6.07, 6.45) is 1.69. The molecule has 1 unspecified atom stereocenters. The molecule has 0 saturated heterocycles. The lowest BCUT2D eigenvalue weighted by molar-refractivity contribution is 0.102. The Morgan fingerprint density at radius 1 is 0.929 bits per heavy atom. The van der Waals surface area contributed by atoms with Crippen molar-refractivity contribution in [1.29, 1.82) is 0 Å². The second-order valence-corrected chi connectivity index (χ2v) is 6.85. The highest BCUT2D eigenvalue weighted by Crippen LogP contribution is 2.19. The molecule has 3 aromatic rings. The van der Waals surface area contributed by atoms with Gasteiger partial charge in [0.1, 0.15) is 11.6 Å². The molecule has 1 heterocycles. The average Bonchev–Trinajstić information content (AvgIpc) is 2.70. The number of amides is 1. The standard InChI is InChI=1S/C23H25N3O2/c1-16(2)28-21-12-10-20(11-13-21)26-23(27)19-9-14-22(24-15-19)25-17(3)18-7-5-4-6-8-18/h4-17H,1-3H3,(H,24,25)(H,26,27). The van der Waals surface area contributed by atoms with E-state index in [1.807, 2.05) is 62.4 Å². The minimum absolute atomic E-state index is 0.114. The highest BCUT2D eigenvalue weighted by atomic mass is 16.5. The number of anilines is 2. The Labute approximate surface area is 165 Å². The molecule has 144 valence electrons. The van der Waals surface area contributed by atoms with Gasteiger partial charge in [0, 0.05) is 17.9 Å². The molecular formula is C23H25N3O2. The summed E-state index contributed by atoms with van der Waals surface area (Å²) in [5.74, 6) is 1.30. The van der Waals surface area contributed by atoms with E-state index in [-0.39, 0.29) is 18.1 Å². The van der Waals surface area contributed by atoms with E-state index >= 15 is 0 Å². The van der Waals surface area contributed by atoms with Crippen molar-refractivity contribution >= 4 is 17.4 Å². The predicted molar refractivity (Wildman–Crippen MR) is 113 cm³/mol. The summed E-state index contributed by atoms with van der Waals surface area (Å²) < 4.78 is 5.61. The number of ether oxygens (including phenoxy) is 1. The highest BCUT2D eigenvalue weighted by molar-refractivity contribution is 6.04. The zero-order chi connectivity index (χ0) is 19.9. The maximum Gasteiger partial charge on any atom is 0.257 e. The van der Waals surface area contributed by atoms with Crippen LogP contribution >= 0.6 is 0 Å². The van der Waals surface area contributed by atoms with Gasteiger partial charge in [0.25, 0.3) is 5.91 Å². The van der Waals surface area contributed by atoms with Crippen LogP contribution in [0.25, 0.3) is 0 Å². The Kier molecular flexibility index (Phi) is 6.27. The van der Waals surface area contributed by atoms with E-state index in [1.54, 1.807) is 12.3 Å². The van der Waals surface area contributed by atoms with Crippen LogP contribution < -0.4 is 15.4 Å². The molecular weight excluding hydrogens is 350 g/mol. The summed E-state index contributed by atoms with van der Waals surface area (Å²) in [5, 5.41) is 6.21. The minimum atomic E-state index is -0.201. The van der Waals surface area contributed by atoms with E-state index in [1.165, 1.54) is 5.56 Å². The lowest BCUT2D eigenvalue weighted by atomic mass is 10.1. The fourth-order valence-corrected chi connectivity index (χ4v) is 2.75. The van der Waals surface area contributed by atoms with Crippen LogP contribution in [0.3, 0.4) is 0 Å². The van der Waals surface area contributed by atoms with Crippen molar-refractivity contribution in [3.63, 3.8) is 0 Å². The second kappa shape index (κ2) is 9.04. The number of hydrogen-bond donors (Lipinski definition) is 2. The van der Waals surface area contributed by atoms with Gasteiger partial charge in [-0.3, -0.25) is 4.79 Å². The van der Waals surface area contributed by atoms with Crippen LogP contribution in [-0.4, -0.2) is 17.0 Å². The van der Waals surface area contributed by atoms with Crippen molar-refractivity contribution < 1.29 is 9.53 Å². The molecule has 0 aliphatic carbocycles. The van der Waals surface area contributed by atoms with Gasteiger partial charge in [-0.25, -0.2) is 4.98 Å². The summed E-state index contributed by atoms with van der Waals surface area (Å²) in [7, 11) is 0. The number of rotatable bonds is 7. The van der Waals surface area contributed by atoms with Gasteiger partial charge in [-0.05, 0) is 62.7 Å². The molecule has 28 heavy (non-hydrogen) atoms. The highest BCUT2D eigenvalue weighted by Gasteiger charge is 2.09. The largest absolute Gasteiger partial charge is 0.491 e. The van der Waals surface area contributed by atoms with E-state index in [4.69, 9.17) is 4.74 Å². The number of nitrogens with one attached hydrogen (secondary N) is 2. The van der Waals surface area contributed by atoms with Gasteiger partial charge in [-0.1, -0.05) is 30.3 Å². The number of nitrogens with zero attached hydrogens (tertiary/aromatic N) is 1. The lowest BCUT2D eigenvalue weighted by Crippen LogP contribution is -2.13. The van der Waals surface area contributed by atoms with Gasteiger partial charge in [0.05, 0.1) is 11.7 Å². The summed E-state index contributed by atoms with van der Waals surface area (Å²) in [4.78, 5) is 16.8. The van der Waals surface area contributed by atoms with Gasteiger partial charge in [-0.2, -0.15) is 0 Å². The van der Waals surface area contributed by atoms with Crippen LogP contribution in [-0.2, 0) is 0 Å². The van der Waals surface area contributed by atoms with Gasteiger partial charge in [0.15, 0.2) is 0 Å². The van der Waals surface area contributed by atoms with E-state index < -0.39 is 0 Å². The Bertz CT molecular complexity index is 891. The molecule has 1 amide bonds. The first-order chi connectivity index (χ1) is 13.5. The van der Waals surface area contributed by atoms with Gasteiger partial charge < -0.3 is 15.4 Å². The number of carbonyl (C=O) groups excluding carboxylic acids is 1. The van der Waals surface area contributed by atoms with Crippen molar-refractivity contribution in [2.45, 2.75) is 32.9 Å². The quantitative estimate of drug-likeness (QED) is 0.589. The third-order valence-corrected chi connectivity index (χ3v) is 4.17. The number of hydrogen-bond acceptors (Lipinski definition) is 4. The lowest BCUT2D eigenvalue weighted by Gasteiger charge is -2.15. The average molecular weight is 375 g/mol. The zero-order valence-electron chi connectivity index (χ0n) is 16.3. The van der Waals surface area contributed by atoms with Gasteiger partial charge in [-0.15, -0.1) is 0 Å². The molecule has 0 radical (unpaired) electrons. The van der Waals surface area contributed by atoms with E-state index in [2.05, 4.69) is 34.7 Å². The van der Waals surface area contributed by atoms with Crippen LogP contribution in [0.2, 0.25) is 0 Å². The molecule has 5 nitrogen and oxygen atoms in total. The molecule has 0 saturated carbocycles. The minimum Gasteiger partial charge on any atom is -0.491 e. The Morgan fingerprint density at radius 2 is 1.64 bits per heavy atom. The summed E-state index contributed by atoms with van der Waals surface area (Å²) >= 11 is 0. The fraction of sp³-hybridized carbons (Fsp3) is 0.217. The van der Waals surface area contributed by atoms with Gasteiger partial charge in [0.2, 0.25) is 0 Å². The number of carbonyl (C=O) groups is 1. The Morgan fingerprint density at radius 3 is 2.25 bits per heavy atom. The molecule has 2 N–H and O–H groups in total.